The molecule has 0 aliphatic heterocycles. The molecule has 0 N–H and O–H groups in total. The number of methoxy groups -OCH3 is 1. The Labute approximate surface area is 131 Å². The lowest BCUT2D eigenvalue weighted by atomic mass is 10.1. The Hall–Kier alpha value is -2.62. The van der Waals surface area contributed by atoms with Crippen LogP contribution in [0.2, 0.25) is 0 Å². The molecule has 4 nitrogen and oxygen atoms in total. The average molecular weight is 295 g/mol. The minimum atomic E-state index is 0.802. The first kappa shape index (κ1) is 15.8. The lowest BCUT2D eigenvalue weighted by Gasteiger charge is -2.16. The Bertz CT molecular complexity index is 688. The van der Waals surface area contributed by atoms with E-state index < -0.39 is 0 Å². The van der Waals surface area contributed by atoms with Crippen LogP contribution in [0.5, 0.6) is 5.75 Å². The third-order valence-corrected chi connectivity index (χ3v) is 3.30. The first-order valence-corrected chi connectivity index (χ1v) is 7.04. The monoisotopic (exact) mass is 295 g/mol. The van der Waals surface area contributed by atoms with E-state index >= 15 is 0 Å². The number of aliphatic imine (C=N–C) groups is 1. The van der Waals surface area contributed by atoms with Crippen molar-refractivity contribution in [3.63, 3.8) is 0 Å². The molecule has 0 spiro atoms. The summed E-state index contributed by atoms with van der Waals surface area (Å²) in [5.74, 6) is 0.818. The van der Waals surface area contributed by atoms with Gasteiger partial charge in [0.15, 0.2) is 0 Å². The number of allylic oxidation sites excluding steroid dienone is 1. The van der Waals surface area contributed by atoms with E-state index in [1.165, 1.54) is 0 Å². The van der Waals surface area contributed by atoms with Crippen molar-refractivity contribution in [1.29, 1.82) is 0 Å². The van der Waals surface area contributed by atoms with Gasteiger partial charge in [-0.05, 0) is 43.3 Å². The Morgan fingerprint density at radius 1 is 1.27 bits per heavy atom. The summed E-state index contributed by atoms with van der Waals surface area (Å²) in [7, 11) is 5.64. The van der Waals surface area contributed by atoms with Crippen LogP contribution in [0.4, 0.5) is 11.4 Å². The van der Waals surface area contributed by atoms with Gasteiger partial charge in [-0.1, -0.05) is 6.58 Å². The molecule has 0 radical (unpaired) electrons. The van der Waals surface area contributed by atoms with Gasteiger partial charge in [0.1, 0.15) is 11.4 Å². The molecule has 0 bridgehead atoms. The second-order valence-corrected chi connectivity index (χ2v) is 5.14. The molecule has 2 aromatic rings. The van der Waals surface area contributed by atoms with Gasteiger partial charge in [-0.15, -0.1) is 0 Å². The number of rotatable bonds is 5. The summed E-state index contributed by atoms with van der Waals surface area (Å²) in [6.45, 7) is 5.84. The van der Waals surface area contributed by atoms with Gasteiger partial charge in [0.2, 0.25) is 0 Å². The summed E-state index contributed by atoms with van der Waals surface area (Å²) < 4.78 is 5.18. The van der Waals surface area contributed by atoms with Crippen LogP contribution in [0.3, 0.4) is 0 Å². The summed E-state index contributed by atoms with van der Waals surface area (Å²) in [4.78, 5) is 11.1. The maximum Gasteiger partial charge on any atom is 0.118 e. The van der Waals surface area contributed by atoms with Crippen molar-refractivity contribution in [2.24, 2.45) is 4.99 Å². The predicted molar refractivity (Wildman–Crippen MR) is 92.7 cm³/mol. The lowest BCUT2D eigenvalue weighted by molar-refractivity contribution is 0.415. The number of ether oxygens (including phenoxy) is 1. The van der Waals surface area contributed by atoms with Crippen molar-refractivity contribution < 1.29 is 4.74 Å². The van der Waals surface area contributed by atoms with Crippen molar-refractivity contribution in [1.82, 2.24) is 4.98 Å². The molecule has 114 valence electrons. The van der Waals surface area contributed by atoms with Gasteiger partial charge < -0.3 is 9.64 Å². The number of hydrogen-bond acceptors (Lipinski definition) is 4. The fourth-order valence-corrected chi connectivity index (χ4v) is 2.10. The molecule has 0 fully saturated rings. The molecule has 0 unspecified atom stereocenters. The zero-order valence-electron chi connectivity index (χ0n) is 13.5. The molecule has 1 aromatic heterocycles. The number of aryl methyl sites for hydroxylation is 1. The average Bonchev–Trinajstić information content (AvgIpc) is 2.53. The summed E-state index contributed by atoms with van der Waals surface area (Å²) in [6, 6.07) is 9.78. The summed E-state index contributed by atoms with van der Waals surface area (Å²) >= 11 is 0. The molecular weight excluding hydrogens is 274 g/mol. The fourth-order valence-electron chi connectivity index (χ4n) is 2.10. The van der Waals surface area contributed by atoms with Crippen molar-refractivity contribution in [2.75, 3.05) is 26.1 Å². The number of pyridine rings is 1. The quantitative estimate of drug-likeness (QED) is 0.788. The fraction of sp³-hybridized carbons (Fsp3) is 0.222. The highest BCUT2D eigenvalue weighted by Gasteiger charge is 2.07. The van der Waals surface area contributed by atoms with Gasteiger partial charge in [-0.25, -0.2) is 4.99 Å². The van der Waals surface area contributed by atoms with E-state index in [1.54, 1.807) is 19.4 Å². The molecule has 4 heteroatoms. The highest BCUT2D eigenvalue weighted by Crippen LogP contribution is 2.28. The number of nitrogens with zero attached hydrogens (tertiary/aromatic N) is 3. The predicted octanol–water partition coefficient (Wildman–Crippen LogP) is 3.77. The Kier molecular flexibility index (Phi) is 4.94. The SMILES string of the molecule is C=CC(=Nc1cnc(C)cc1N(C)C)c1ccc(OC)cc1. The molecule has 1 heterocycles. The number of benzene rings is 1. The van der Waals surface area contributed by atoms with Gasteiger partial charge in [0.25, 0.3) is 0 Å². The van der Waals surface area contributed by atoms with Gasteiger partial charge in [0.05, 0.1) is 24.7 Å². The van der Waals surface area contributed by atoms with Crippen molar-refractivity contribution >= 4 is 17.1 Å². The molecule has 0 saturated heterocycles. The minimum absolute atomic E-state index is 0.802. The first-order valence-electron chi connectivity index (χ1n) is 7.04. The van der Waals surface area contributed by atoms with Crippen LogP contribution in [0.15, 0.2) is 54.2 Å². The number of aromatic nitrogens is 1. The second-order valence-electron chi connectivity index (χ2n) is 5.14. The summed E-state index contributed by atoms with van der Waals surface area (Å²) in [5, 5.41) is 0. The standard InChI is InChI=1S/C18H21N3O/c1-6-16(14-7-9-15(22-5)10-8-14)20-17-12-19-13(2)11-18(17)21(3)4/h6-12H,1H2,2-5H3. The van der Waals surface area contributed by atoms with Crippen LogP contribution in [0, 0.1) is 6.92 Å². The van der Waals surface area contributed by atoms with Crippen molar-refractivity contribution in [3.8, 4) is 5.75 Å². The van der Waals surface area contributed by atoms with Crippen LogP contribution in [-0.2, 0) is 0 Å². The van der Waals surface area contributed by atoms with E-state index in [-0.39, 0.29) is 0 Å². The van der Waals surface area contributed by atoms with Crippen molar-refractivity contribution in [2.45, 2.75) is 6.92 Å². The smallest absolute Gasteiger partial charge is 0.118 e. The third kappa shape index (κ3) is 3.52. The molecular formula is C18H21N3O. The third-order valence-electron chi connectivity index (χ3n) is 3.30. The van der Waals surface area contributed by atoms with Crippen LogP contribution < -0.4 is 9.64 Å². The summed E-state index contributed by atoms with van der Waals surface area (Å²) in [5.41, 5.74) is 4.60. The maximum absolute atomic E-state index is 5.18. The number of anilines is 1. The van der Waals surface area contributed by atoms with Crippen molar-refractivity contribution in [3.05, 3.63) is 60.4 Å². The van der Waals surface area contributed by atoms with E-state index in [9.17, 15) is 0 Å². The molecule has 22 heavy (non-hydrogen) atoms. The van der Waals surface area contributed by atoms with E-state index in [1.807, 2.05) is 56.3 Å². The lowest BCUT2D eigenvalue weighted by Crippen LogP contribution is -2.09. The van der Waals surface area contributed by atoms with Crippen LogP contribution in [0.1, 0.15) is 11.3 Å². The maximum atomic E-state index is 5.18. The van der Waals surface area contributed by atoms with E-state index in [0.717, 1.165) is 34.1 Å². The van der Waals surface area contributed by atoms with Gasteiger partial charge in [-0.3, -0.25) is 4.98 Å². The topological polar surface area (TPSA) is 37.7 Å². The van der Waals surface area contributed by atoms with Crippen LogP contribution >= 0.6 is 0 Å². The Morgan fingerprint density at radius 3 is 2.50 bits per heavy atom. The van der Waals surface area contributed by atoms with Crippen LogP contribution in [-0.4, -0.2) is 31.9 Å². The molecule has 0 amide bonds. The normalized spacial score (nSPS) is 11.2. The Balaban J connectivity index is 2.46. The van der Waals surface area contributed by atoms with Gasteiger partial charge >= 0.3 is 0 Å². The zero-order chi connectivity index (χ0) is 16.1. The molecule has 2 rings (SSSR count). The Morgan fingerprint density at radius 2 is 1.95 bits per heavy atom. The molecule has 0 aliphatic rings. The van der Waals surface area contributed by atoms with E-state index in [2.05, 4.69) is 11.6 Å². The molecule has 0 aliphatic carbocycles. The molecule has 1 aromatic carbocycles. The highest BCUT2D eigenvalue weighted by atomic mass is 16.5. The second kappa shape index (κ2) is 6.89. The largest absolute Gasteiger partial charge is 0.497 e. The van der Waals surface area contributed by atoms with Gasteiger partial charge in [0, 0.05) is 25.4 Å². The molecule has 0 saturated carbocycles. The van der Waals surface area contributed by atoms with E-state index in [0.29, 0.717) is 0 Å². The first-order chi connectivity index (χ1) is 10.5. The van der Waals surface area contributed by atoms with Crippen LogP contribution in [0.25, 0.3) is 0 Å². The highest BCUT2D eigenvalue weighted by molar-refractivity contribution is 6.10. The summed E-state index contributed by atoms with van der Waals surface area (Å²) in [6.07, 6.45) is 3.54. The zero-order valence-corrected chi connectivity index (χ0v) is 13.5. The molecule has 0 atom stereocenters. The minimum Gasteiger partial charge on any atom is -0.497 e. The number of hydrogen-bond donors (Lipinski definition) is 0. The van der Waals surface area contributed by atoms with Gasteiger partial charge in [-0.2, -0.15) is 0 Å². The van der Waals surface area contributed by atoms with E-state index in [4.69, 9.17) is 9.73 Å².